The third-order valence-corrected chi connectivity index (χ3v) is 3.21. The summed E-state index contributed by atoms with van der Waals surface area (Å²) in [7, 11) is 0. The summed E-state index contributed by atoms with van der Waals surface area (Å²) in [6, 6.07) is 0. The van der Waals surface area contributed by atoms with Gasteiger partial charge in [0.15, 0.2) is 0 Å². The first-order valence-electron chi connectivity index (χ1n) is 8.41. The maximum atomic E-state index is 3.80. The molecule has 0 radical (unpaired) electrons. The molecule has 0 saturated carbocycles. The Labute approximate surface area is 153 Å². The van der Waals surface area contributed by atoms with Crippen LogP contribution in [0.1, 0.15) is 104 Å². The minimum atomic E-state index is 0. The van der Waals surface area contributed by atoms with Crippen LogP contribution < -0.4 is 18.9 Å². The molecule has 0 N–H and O–H groups in total. The van der Waals surface area contributed by atoms with Crippen LogP contribution in [0.2, 0.25) is 0 Å². The Balaban J connectivity index is -0.000000116. The first-order valence-corrected chi connectivity index (χ1v) is 8.41. The van der Waals surface area contributed by atoms with Crippen LogP contribution in [0.3, 0.4) is 0 Å². The van der Waals surface area contributed by atoms with Crippen LogP contribution in [0.5, 0.6) is 0 Å². The van der Waals surface area contributed by atoms with E-state index in [0.29, 0.717) is 0 Å². The first-order chi connectivity index (χ1) is 8.83. The zero-order chi connectivity index (χ0) is 13.9. The van der Waals surface area contributed by atoms with Gasteiger partial charge in [0.2, 0.25) is 0 Å². The molecule has 0 fully saturated rings. The molecule has 0 aromatic heterocycles. The largest absolute Gasteiger partial charge is 1.00 e. The topological polar surface area (TPSA) is 0 Å². The summed E-state index contributed by atoms with van der Waals surface area (Å²) in [6.45, 7) is 12.1. The average Bonchev–Trinajstić information content (AvgIpc) is 2.39. The Morgan fingerprint density at radius 2 is 0.750 bits per heavy atom. The standard InChI is InChI=1S/2C9H19.Cu.Li/c2*1-3-5-7-9-8-6-4-2;;/h2*1,3-9H2,2H3;;/q2*-1;2*+1. The van der Waals surface area contributed by atoms with Crippen molar-refractivity contribution in [2.45, 2.75) is 104 Å². The Kier molecular flexibility index (Phi) is 46.9. The van der Waals surface area contributed by atoms with E-state index >= 15 is 0 Å². The molecule has 0 saturated heterocycles. The van der Waals surface area contributed by atoms with Crippen molar-refractivity contribution in [3.63, 3.8) is 0 Å². The summed E-state index contributed by atoms with van der Waals surface area (Å²) in [6.07, 6.45) is 18.9. The monoisotopic (exact) mass is 324 g/mol. The third kappa shape index (κ3) is 36.5. The second-order valence-corrected chi connectivity index (χ2v) is 5.24. The van der Waals surface area contributed by atoms with Crippen LogP contribution in [0, 0.1) is 13.8 Å². The van der Waals surface area contributed by atoms with Crippen LogP contribution in [-0.2, 0) is 17.1 Å². The molecule has 0 nitrogen and oxygen atoms in total. The molecule has 0 amide bonds. The molecular formula is C18H38CuLi. The van der Waals surface area contributed by atoms with Crippen molar-refractivity contribution in [1.82, 2.24) is 0 Å². The smallest absolute Gasteiger partial charge is 0.343 e. The maximum Gasteiger partial charge on any atom is 1.00 e. The molecule has 0 rings (SSSR count). The minimum absolute atomic E-state index is 0. The molecule has 0 heterocycles. The molecule has 0 atom stereocenters. The van der Waals surface area contributed by atoms with E-state index in [1.165, 1.54) is 77.0 Å². The van der Waals surface area contributed by atoms with E-state index < -0.39 is 0 Å². The molecule has 0 spiro atoms. The molecule has 0 aliphatic rings. The maximum absolute atomic E-state index is 3.80. The molecule has 0 aliphatic carbocycles. The van der Waals surface area contributed by atoms with Gasteiger partial charge in [-0.05, 0) is 0 Å². The Bertz CT molecular complexity index is 92.0. The quantitative estimate of drug-likeness (QED) is 0.287. The molecule has 0 aliphatic heterocycles. The van der Waals surface area contributed by atoms with Gasteiger partial charge in [-0.25, -0.2) is 0 Å². The Hall–Kier alpha value is 1.12. The predicted octanol–water partition coefficient (Wildman–Crippen LogP) is 4.14. The molecule has 0 aromatic rings. The summed E-state index contributed by atoms with van der Waals surface area (Å²) in [5.74, 6) is 0. The van der Waals surface area contributed by atoms with Crippen LogP contribution in [0.25, 0.3) is 0 Å². The van der Waals surface area contributed by atoms with E-state index in [1.807, 2.05) is 0 Å². The van der Waals surface area contributed by atoms with Crippen LogP contribution >= 0.6 is 0 Å². The second kappa shape index (κ2) is 32.2. The SMILES string of the molecule is [CH2-]CCCCCCCC.[CH2-]CCCCCCCC.[Cu+].[Li+]. The van der Waals surface area contributed by atoms with Gasteiger partial charge in [0.1, 0.15) is 0 Å². The molecular weight excluding hydrogens is 287 g/mol. The summed E-state index contributed by atoms with van der Waals surface area (Å²) < 4.78 is 0. The van der Waals surface area contributed by atoms with Gasteiger partial charge in [-0.15, -0.1) is 0 Å². The van der Waals surface area contributed by atoms with Crippen LogP contribution in [0.15, 0.2) is 0 Å². The van der Waals surface area contributed by atoms with Crippen molar-refractivity contribution in [3.8, 4) is 0 Å². The van der Waals surface area contributed by atoms with Crippen molar-refractivity contribution >= 4 is 0 Å². The number of unbranched alkanes of at least 4 members (excludes halogenated alkanes) is 12. The molecule has 122 valence electrons. The fraction of sp³-hybridized carbons (Fsp3) is 0.889. The first kappa shape index (κ1) is 29.2. The molecule has 20 heavy (non-hydrogen) atoms. The van der Waals surface area contributed by atoms with Crippen molar-refractivity contribution in [3.05, 3.63) is 13.8 Å². The average molecular weight is 325 g/mol. The van der Waals surface area contributed by atoms with Gasteiger partial charge in [0.25, 0.3) is 0 Å². The summed E-state index contributed by atoms with van der Waals surface area (Å²) in [5.41, 5.74) is 0. The van der Waals surface area contributed by atoms with E-state index in [-0.39, 0.29) is 35.9 Å². The van der Waals surface area contributed by atoms with Gasteiger partial charge in [-0.2, -0.15) is 12.8 Å². The van der Waals surface area contributed by atoms with Gasteiger partial charge in [-0.3, -0.25) is 0 Å². The van der Waals surface area contributed by atoms with E-state index in [1.54, 1.807) is 0 Å². The normalized spacial score (nSPS) is 9.00. The second-order valence-electron chi connectivity index (χ2n) is 5.24. The number of rotatable bonds is 12. The van der Waals surface area contributed by atoms with Crippen LogP contribution in [0.4, 0.5) is 0 Å². The fourth-order valence-corrected chi connectivity index (χ4v) is 1.91. The third-order valence-electron chi connectivity index (χ3n) is 3.21. The zero-order valence-electron chi connectivity index (χ0n) is 14.6. The predicted molar refractivity (Wildman–Crippen MR) is 86.7 cm³/mol. The van der Waals surface area contributed by atoms with Crippen LogP contribution in [-0.4, -0.2) is 0 Å². The van der Waals surface area contributed by atoms with E-state index in [4.69, 9.17) is 0 Å². The van der Waals surface area contributed by atoms with Crippen molar-refractivity contribution < 1.29 is 35.9 Å². The van der Waals surface area contributed by atoms with Gasteiger partial charge in [-0.1, -0.05) is 90.9 Å². The minimum Gasteiger partial charge on any atom is -0.343 e. The van der Waals surface area contributed by atoms with Gasteiger partial charge < -0.3 is 13.8 Å². The van der Waals surface area contributed by atoms with E-state index in [0.717, 1.165) is 12.8 Å². The number of hydrogen-bond acceptors (Lipinski definition) is 0. The molecule has 0 aromatic carbocycles. The number of hydrogen-bond donors (Lipinski definition) is 0. The Morgan fingerprint density at radius 3 is 1.00 bits per heavy atom. The van der Waals surface area contributed by atoms with E-state index in [9.17, 15) is 0 Å². The molecule has 0 unspecified atom stereocenters. The zero-order valence-corrected chi connectivity index (χ0v) is 15.6. The molecule has 0 bridgehead atoms. The summed E-state index contributed by atoms with van der Waals surface area (Å²) >= 11 is 0. The molecule has 2 heteroatoms. The van der Waals surface area contributed by atoms with Gasteiger partial charge in [0.05, 0.1) is 0 Å². The van der Waals surface area contributed by atoms with Crippen molar-refractivity contribution in [2.75, 3.05) is 0 Å². The van der Waals surface area contributed by atoms with Gasteiger partial charge >= 0.3 is 35.9 Å². The van der Waals surface area contributed by atoms with Gasteiger partial charge in [0, 0.05) is 0 Å². The Morgan fingerprint density at radius 1 is 0.500 bits per heavy atom. The summed E-state index contributed by atoms with van der Waals surface area (Å²) in [5, 5.41) is 0. The van der Waals surface area contributed by atoms with Crippen molar-refractivity contribution in [2.24, 2.45) is 0 Å². The van der Waals surface area contributed by atoms with E-state index in [2.05, 4.69) is 27.7 Å². The fourth-order valence-electron chi connectivity index (χ4n) is 1.91. The van der Waals surface area contributed by atoms with Crippen molar-refractivity contribution in [1.29, 1.82) is 0 Å². The summed E-state index contributed by atoms with van der Waals surface area (Å²) in [4.78, 5) is 0.